The summed E-state index contributed by atoms with van der Waals surface area (Å²) in [4.78, 5) is 23.3. The monoisotopic (exact) mass is 497 g/mol. The van der Waals surface area contributed by atoms with Crippen molar-refractivity contribution in [3.05, 3.63) is 50.5 Å². The van der Waals surface area contributed by atoms with E-state index in [9.17, 15) is 35.9 Å². The topological polar surface area (TPSA) is 37.4 Å². The van der Waals surface area contributed by atoms with Gasteiger partial charge >= 0.3 is 12.4 Å². The van der Waals surface area contributed by atoms with E-state index in [0.29, 0.717) is 0 Å². The molecule has 0 aromatic heterocycles. The average Bonchev–Trinajstić information content (AvgIpc) is 2.79. The summed E-state index contributed by atoms with van der Waals surface area (Å²) in [5.74, 6) is -4.15. The van der Waals surface area contributed by atoms with Gasteiger partial charge in [-0.3, -0.25) is 9.59 Å². The number of rotatable bonds is 1. The molecule has 0 radical (unpaired) electrons. The molecule has 2 aliphatic rings. The lowest BCUT2D eigenvalue weighted by molar-refractivity contribution is -0.143. The van der Waals surface area contributed by atoms with Crippen LogP contribution in [0, 0.1) is 5.92 Å². The summed E-state index contributed by atoms with van der Waals surface area (Å²) >= 11 is 23.8. The number of fused-ring (bicyclic) bond motifs is 1. The quantitative estimate of drug-likeness (QED) is 0.270. The van der Waals surface area contributed by atoms with E-state index in [1.165, 1.54) is 0 Å². The lowest BCUT2D eigenvalue weighted by Crippen LogP contribution is -2.40. The maximum atomic E-state index is 13.1. The molecular weight excluding hydrogens is 494 g/mol. The number of nitrogens with zero attached hydrogens (tertiary/aromatic N) is 1. The van der Waals surface area contributed by atoms with E-state index < -0.39 is 56.8 Å². The van der Waals surface area contributed by atoms with Gasteiger partial charge < -0.3 is 0 Å². The van der Waals surface area contributed by atoms with Crippen molar-refractivity contribution in [1.29, 1.82) is 0 Å². The van der Waals surface area contributed by atoms with Crippen molar-refractivity contribution in [3.63, 3.8) is 0 Å². The SMILES string of the molecule is O=C1C2C=C(Cl)C(Cl)=C(Cl)C2(Cl)C(=O)N1c1cc(C(F)(F)F)cc(C(F)(F)F)c1. The van der Waals surface area contributed by atoms with Gasteiger partial charge in [0.05, 0.1) is 37.8 Å². The zero-order valence-corrected chi connectivity index (χ0v) is 16.5. The smallest absolute Gasteiger partial charge is 0.273 e. The largest absolute Gasteiger partial charge is 0.416 e. The van der Waals surface area contributed by atoms with Gasteiger partial charge in [-0.2, -0.15) is 26.3 Å². The van der Waals surface area contributed by atoms with Gasteiger partial charge in [-0.25, -0.2) is 4.90 Å². The van der Waals surface area contributed by atoms with E-state index in [-0.39, 0.29) is 33.2 Å². The number of anilines is 1. The van der Waals surface area contributed by atoms with E-state index in [1.54, 1.807) is 0 Å². The van der Waals surface area contributed by atoms with Crippen LogP contribution in [0.5, 0.6) is 0 Å². The highest BCUT2D eigenvalue weighted by Crippen LogP contribution is 2.52. The first-order valence-electron chi connectivity index (χ1n) is 7.40. The summed E-state index contributed by atoms with van der Waals surface area (Å²) in [5.41, 5.74) is -4.40. The van der Waals surface area contributed by atoms with Crippen molar-refractivity contribution in [2.45, 2.75) is 17.2 Å². The fourth-order valence-corrected chi connectivity index (χ4v) is 4.08. The molecule has 3 rings (SSSR count). The van der Waals surface area contributed by atoms with E-state index in [0.717, 1.165) is 6.08 Å². The number of amides is 2. The van der Waals surface area contributed by atoms with Crippen LogP contribution in [0.2, 0.25) is 0 Å². The number of carbonyl (C=O) groups excluding carboxylic acids is 2. The van der Waals surface area contributed by atoms with Crippen LogP contribution >= 0.6 is 46.4 Å². The summed E-state index contributed by atoms with van der Waals surface area (Å²) in [5, 5.41) is -1.19. The fourth-order valence-electron chi connectivity index (χ4n) is 2.92. The van der Waals surface area contributed by atoms with Crippen LogP contribution in [-0.2, 0) is 21.9 Å². The summed E-state index contributed by atoms with van der Waals surface area (Å²) in [6.45, 7) is 0. The Kier molecular flexibility index (Phi) is 5.22. The van der Waals surface area contributed by atoms with Crippen molar-refractivity contribution in [2.75, 3.05) is 4.90 Å². The van der Waals surface area contributed by atoms with Gasteiger partial charge in [0.1, 0.15) is 0 Å². The van der Waals surface area contributed by atoms with Crippen LogP contribution in [0.1, 0.15) is 11.1 Å². The summed E-state index contributed by atoms with van der Waals surface area (Å²) in [6, 6.07) is 0.318. The Hall–Kier alpha value is -1.42. The third-order valence-corrected chi connectivity index (χ3v) is 6.37. The Balaban J connectivity index is 2.22. The highest BCUT2D eigenvalue weighted by Gasteiger charge is 2.62. The van der Waals surface area contributed by atoms with Crippen LogP contribution in [0.15, 0.2) is 39.4 Å². The maximum absolute atomic E-state index is 13.1. The number of hydrogen-bond donors (Lipinski definition) is 0. The number of benzene rings is 1. The van der Waals surface area contributed by atoms with Crippen molar-refractivity contribution < 1.29 is 35.9 Å². The molecule has 1 aliphatic heterocycles. The van der Waals surface area contributed by atoms with Gasteiger partial charge in [-0.05, 0) is 24.3 Å². The molecule has 1 aromatic rings. The van der Waals surface area contributed by atoms with Gasteiger partial charge in [0, 0.05) is 0 Å². The predicted octanol–water partition coefficient (Wildman–Crippen LogP) is 6.02. The molecule has 0 saturated carbocycles. The van der Waals surface area contributed by atoms with Gasteiger partial charge in [0.25, 0.3) is 5.91 Å². The molecule has 1 heterocycles. The van der Waals surface area contributed by atoms with E-state index in [1.807, 2.05) is 0 Å². The van der Waals surface area contributed by atoms with Crippen molar-refractivity contribution in [2.24, 2.45) is 5.92 Å². The first-order chi connectivity index (χ1) is 13.1. The lowest BCUT2D eigenvalue weighted by Gasteiger charge is -2.27. The molecule has 1 aromatic carbocycles. The lowest BCUT2D eigenvalue weighted by atomic mass is 9.89. The summed E-state index contributed by atoms with van der Waals surface area (Å²) in [6.07, 6.45) is -9.41. The van der Waals surface area contributed by atoms with Crippen LogP contribution in [0.3, 0.4) is 0 Å². The van der Waals surface area contributed by atoms with E-state index >= 15 is 0 Å². The fraction of sp³-hybridized carbons (Fsp3) is 0.250. The number of carbonyl (C=O) groups is 2. The molecule has 1 fully saturated rings. The molecule has 29 heavy (non-hydrogen) atoms. The van der Waals surface area contributed by atoms with Crippen molar-refractivity contribution >= 4 is 63.9 Å². The molecule has 1 aliphatic carbocycles. The third kappa shape index (κ3) is 3.41. The third-order valence-electron chi connectivity index (χ3n) is 4.29. The van der Waals surface area contributed by atoms with Crippen LogP contribution in [0.4, 0.5) is 32.0 Å². The molecule has 0 bridgehead atoms. The summed E-state index contributed by atoms with van der Waals surface area (Å²) < 4.78 is 78.6. The Morgan fingerprint density at radius 2 is 1.38 bits per heavy atom. The van der Waals surface area contributed by atoms with Crippen molar-refractivity contribution in [3.8, 4) is 0 Å². The molecule has 3 nitrogen and oxygen atoms in total. The highest BCUT2D eigenvalue weighted by atomic mass is 35.5. The Bertz CT molecular complexity index is 968. The number of halogens is 10. The Morgan fingerprint density at radius 3 is 1.83 bits per heavy atom. The minimum atomic E-state index is -5.18. The zero-order valence-electron chi connectivity index (χ0n) is 13.4. The standard InChI is InChI=1S/C16H5Cl4F6NO2/c17-9-4-8-12(28)27(13(29)14(8,20)11(19)10(9)18)7-2-5(15(21,22)23)1-6(3-7)16(24,25)26/h1-4,8H. The second kappa shape index (κ2) is 6.80. The normalized spacial score (nSPS) is 25.5. The molecule has 2 amide bonds. The molecule has 0 N–H and O–H groups in total. The van der Waals surface area contributed by atoms with Gasteiger partial charge in [0.2, 0.25) is 5.91 Å². The number of hydrogen-bond acceptors (Lipinski definition) is 2. The molecule has 2 unspecified atom stereocenters. The second-order valence-corrected chi connectivity index (χ2v) is 7.83. The van der Waals surface area contributed by atoms with Gasteiger partial charge in [-0.15, -0.1) is 11.6 Å². The first-order valence-corrected chi connectivity index (χ1v) is 8.91. The van der Waals surface area contributed by atoms with Gasteiger partial charge in [0.15, 0.2) is 4.87 Å². The molecule has 2 atom stereocenters. The van der Waals surface area contributed by atoms with Crippen molar-refractivity contribution in [1.82, 2.24) is 0 Å². The second-order valence-electron chi connectivity index (χ2n) is 6.07. The number of alkyl halides is 7. The molecule has 1 saturated heterocycles. The minimum Gasteiger partial charge on any atom is -0.273 e. The number of imide groups is 1. The molecular formula is C16H5Cl4F6NO2. The van der Waals surface area contributed by atoms with E-state index in [4.69, 9.17) is 46.4 Å². The van der Waals surface area contributed by atoms with Crippen LogP contribution < -0.4 is 4.90 Å². The van der Waals surface area contributed by atoms with E-state index in [2.05, 4.69) is 0 Å². The summed E-state index contributed by atoms with van der Waals surface area (Å²) in [7, 11) is 0. The highest BCUT2D eigenvalue weighted by molar-refractivity contribution is 6.58. The minimum absolute atomic E-state index is 0.112. The van der Waals surface area contributed by atoms with Gasteiger partial charge in [-0.1, -0.05) is 34.8 Å². The Morgan fingerprint density at radius 1 is 0.897 bits per heavy atom. The average molecular weight is 499 g/mol. The molecule has 156 valence electrons. The molecule has 13 heteroatoms. The maximum Gasteiger partial charge on any atom is 0.416 e. The Labute approximate surface area is 178 Å². The van der Waals surface area contributed by atoms with Crippen LogP contribution in [0.25, 0.3) is 0 Å². The predicted molar refractivity (Wildman–Crippen MR) is 93.7 cm³/mol. The zero-order chi connectivity index (χ0) is 22.1. The van der Waals surface area contributed by atoms with Crippen LogP contribution in [-0.4, -0.2) is 16.7 Å². The first kappa shape index (κ1) is 22.3. The number of allylic oxidation sites excluding steroid dienone is 2. The molecule has 0 spiro atoms.